The number of hydrogen-bond acceptors (Lipinski definition) is 3. The fraction of sp³-hybridized carbons (Fsp3) is 0.176. The number of carbonyl (C=O) groups is 1. The summed E-state index contributed by atoms with van der Waals surface area (Å²) in [6.07, 6.45) is 0.0635. The Labute approximate surface area is 149 Å². The van der Waals surface area contributed by atoms with Crippen molar-refractivity contribution in [2.75, 3.05) is 5.32 Å². The number of rotatable bonds is 4. The number of hydrogen-bond donors (Lipinski definition) is 2. The molecule has 4 nitrogen and oxygen atoms in total. The van der Waals surface area contributed by atoms with Crippen molar-refractivity contribution in [2.45, 2.75) is 20.0 Å². The molecule has 0 aliphatic rings. The van der Waals surface area contributed by atoms with Crippen LogP contribution in [0.15, 0.2) is 53.0 Å². The number of halogens is 1. The van der Waals surface area contributed by atoms with E-state index in [1.165, 1.54) is 0 Å². The Bertz CT molecular complexity index is 705. The van der Waals surface area contributed by atoms with Gasteiger partial charge in [-0.2, -0.15) is 0 Å². The maximum atomic E-state index is 12.2. The summed E-state index contributed by atoms with van der Waals surface area (Å²) in [5.74, 6) is 0.414. The van der Waals surface area contributed by atoms with E-state index in [1.807, 2.05) is 44.2 Å². The summed E-state index contributed by atoms with van der Waals surface area (Å²) in [5.41, 5.74) is 1.31. The molecule has 0 aliphatic carbocycles. The molecule has 6 heteroatoms. The second-order valence-electron chi connectivity index (χ2n) is 5.09. The third-order valence-corrected chi connectivity index (χ3v) is 3.64. The summed E-state index contributed by atoms with van der Waals surface area (Å²) in [6.45, 7) is 3.89. The van der Waals surface area contributed by atoms with Crippen molar-refractivity contribution in [1.82, 2.24) is 5.32 Å². The molecule has 2 aromatic rings. The predicted octanol–water partition coefficient (Wildman–Crippen LogP) is 4.36. The summed E-state index contributed by atoms with van der Waals surface area (Å²) in [5, 5.41) is 5.86. The van der Waals surface area contributed by atoms with Crippen LogP contribution in [0.25, 0.3) is 0 Å². The maximum absolute atomic E-state index is 12.2. The van der Waals surface area contributed by atoms with Crippen LogP contribution in [0.5, 0.6) is 5.75 Å². The van der Waals surface area contributed by atoms with Crippen LogP contribution in [0.2, 0.25) is 0 Å². The number of nitrogens with one attached hydrogen (secondary N) is 2. The first-order chi connectivity index (χ1) is 11.0. The van der Waals surface area contributed by atoms with E-state index in [9.17, 15) is 4.79 Å². The van der Waals surface area contributed by atoms with E-state index in [4.69, 9.17) is 17.0 Å². The molecule has 0 radical (unpaired) electrons. The lowest BCUT2D eigenvalue weighted by atomic mass is 10.2. The molecule has 0 fully saturated rings. The third-order valence-electron chi connectivity index (χ3n) is 2.82. The van der Waals surface area contributed by atoms with E-state index in [0.717, 1.165) is 10.2 Å². The lowest BCUT2D eigenvalue weighted by molar-refractivity contribution is 0.0977. The van der Waals surface area contributed by atoms with E-state index < -0.39 is 0 Å². The highest BCUT2D eigenvalue weighted by molar-refractivity contribution is 9.10. The third kappa shape index (κ3) is 5.33. The predicted molar refractivity (Wildman–Crippen MR) is 100 cm³/mol. The Hall–Kier alpha value is -1.92. The molecule has 2 rings (SSSR count). The van der Waals surface area contributed by atoms with Crippen LogP contribution in [0.4, 0.5) is 5.69 Å². The van der Waals surface area contributed by atoms with Crippen molar-refractivity contribution in [3.8, 4) is 5.75 Å². The fourth-order valence-corrected chi connectivity index (χ4v) is 2.53. The normalized spacial score (nSPS) is 10.3. The lowest BCUT2D eigenvalue weighted by Crippen LogP contribution is -2.34. The summed E-state index contributed by atoms with van der Waals surface area (Å²) >= 11 is 8.56. The second-order valence-corrected chi connectivity index (χ2v) is 6.35. The van der Waals surface area contributed by atoms with E-state index >= 15 is 0 Å². The van der Waals surface area contributed by atoms with Crippen LogP contribution in [-0.2, 0) is 0 Å². The number of carbonyl (C=O) groups excluding carboxylic acids is 1. The number of ether oxygens (including phenoxy) is 1. The first kappa shape index (κ1) is 17.4. The molecule has 120 valence electrons. The highest BCUT2D eigenvalue weighted by Gasteiger charge is 2.11. The molecule has 2 N–H and O–H groups in total. The molecular weight excluding hydrogens is 376 g/mol. The van der Waals surface area contributed by atoms with Crippen molar-refractivity contribution >= 4 is 44.9 Å². The van der Waals surface area contributed by atoms with Gasteiger partial charge >= 0.3 is 0 Å². The minimum atomic E-state index is -0.282. The Kier molecular flexibility index (Phi) is 6.12. The molecule has 0 saturated carbocycles. The Morgan fingerprint density at radius 3 is 2.48 bits per heavy atom. The molecule has 2 aromatic carbocycles. The topological polar surface area (TPSA) is 50.4 Å². The molecule has 0 spiro atoms. The molecule has 0 heterocycles. The van der Waals surface area contributed by atoms with Crippen LogP contribution >= 0.6 is 28.1 Å². The van der Waals surface area contributed by atoms with Gasteiger partial charge in [0.15, 0.2) is 5.11 Å². The van der Waals surface area contributed by atoms with Crippen molar-refractivity contribution in [1.29, 1.82) is 0 Å². The van der Waals surface area contributed by atoms with Gasteiger partial charge in [0.05, 0.1) is 10.6 Å². The average molecular weight is 393 g/mol. The van der Waals surface area contributed by atoms with E-state index in [-0.39, 0.29) is 17.1 Å². The number of anilines is 1. The van der Waals surface area contributed by atoms with Crippen LogP contribution in [0.3, 0.4) is 0 Å². The van der Waals surface area contributed by atoms with Crippen LogP contribution in [-0.4, -0.2) is 17.1 Å². The maximum Gasteiger partial charge on any atom is 0.257 e. The van der Waals surface area contributed by atoms with E-state index in [1.54, 1.807) is 18.2 Å². The smallest absolute Gasteiger partial charge is 0.257 e. The number of benzene rings is 2. The van der Waals surface area contributed by atoms with Gasteiger partial charge in [0.2, 0.25) is 0 Å². The average Bonchev–Trinajstić information content (AvgIpc) is 2.49. The van der Waals surface area contributed by atoms with Gasteiger partial charge in [-0.05, 0) is 72.3 Å². The summed E-state index contributed by atoms with van der Waals surface area (Å²) < 4.78 is 6.35. The van der Waals surface area contributed by atoms with Gasteiger partial charge in [0.25, 0.3) is 5.91 Å². The quantitative estimate of drug-likeness (QED) is 0.758. The first-order valence-electron chi connectivity index (χ1n) is 7.09. The largest absolute Gasteiger partial charge is 0.490 e. The van der Waals surface area contributed by atoms with Crippen molar-refractivity contribution in [3.63, 3.8) is 0 Å². The zero-order valence-corrected chi connectivity index (χ0v) is 15.2. The summed E-state index contributed by atoms with van der Waals surface area (Å²) in [4.78, 5) is 12.2. The van der Waals surface area contributed by atoms with Crippen molar-refractivity contribution < 1.29 is 9.53 Å². The van der Waals surface area contributed by atoms with E-state index in [0.29, 0.717) is 11.3 Å². The number of para-hydroxylation sites is 1. The molecule has 23 heavy (non-hydrogen) atoms. The Balaban J connectivity index is 2.00. The molecule has 0 aliphatic heterocycles. The van der Waals surface area contributed by atoms with Gasteiger partial charge in [-0.15, -0.1) is 0 Å². The van der Waals surface area contributed by atoms with Crippen LogP contribution < -0.4 is 15.4 Å². The van der Waals surface area contributed by atoms with E-state index in [2.05, 4.69) is 26.6 Å². The van der Waals surface area contributed by atoms with Gasteiger partial charge < -0.3 is 10.1 Å². The molecule has 0 bridgehead atoms. The first-order valence-corrected chi connectivity index (χ1v) is 8.29. The SMILES string of the molecule is CC(C)Oc1ccc(C(=O)NC(=S)Nc2ccccc2)cc1Br. The van der Waals surface area contributed by atoms with Crippen molar-refractivity contribution in [3.05, 3.63) is 58.6 Å². The molecule has 1 amide bonds. The van der Waals surface area contributed by atoms with Crippen LogP contribution in [0.1, 0.15) is 24.2 Å². The lowest BCUT2D eigenvalue weighted by Gasteiger charge is -2.13. The minimum absolute atomic E-state index is 0.0635. The van der Waals surface area contributed by atoms with Gasteiger partial charge in [-0.3, -0.25) is 10.1 Å². The minimum Gasteiger partial charge on any atom is -0.490 e. The molecule has 0 unspecified atom stereocenters. The second kappa shape index (κ2) is 8.08. The van der Waals surface area contributed by atoms with Crippen molar-refractivity contribution in [2.24, 2.45) is 0 Å². The van der Waals surface area contributed by atoms with Gasteiger partial charge in [0.1, 0.15) is 5.75 Å². The zero-order valence-electron chi connectivity index (χ0n) is 12.8. The fourth-order valence-electron chi connectivity index (χ4n) is 1.85. The monoisotopic (exact) mass is 392 g/mol. The van der Waals surface area contributed by atoms with Gasteiger partial charge in [-0.1, -0.05) is 18.2 Å². The Morgan fingerprint density at radius 1 is 1.17 bits per heavy atom. The summed E-state index contributed by atoms with van der Waals surface area (Å²) in [7, 11) is 0. The van der Waals surface area contributed by atoms with Gasteiger partial charge in [0, 0.05) is 11.3 Å². The highest BCUT2D eigenvalue weighted by Crippen LogP contribution is 2.26. The molecule has 0 aromatic heterocycles. The Morgan fingerprint density at radius 2 is 1.87 bits per heavy atom. The summed E-state index contributed by atoms with van der Waals surface area (Å²) in [6, 6.07) is 14.6. The zero-order chi connectivity index (χ0) is 16.8. The standard InChI is InChI=1S/C17H17BrN2O2S/c1-11(2)22-15-9-8-12(10-14(15)18)16(21)20-17(23)19-13-6-4-3-5-7-13/h3-11H,1-2H3,(H2,19,20,21,23). The molecule has 0 saturated heterocycles. The van der Waals surface area contributed by atoms with Gasteiger partial charge in [-0.25, -0.2) is 0 Å². The molecular formula is C17H17BrN2O2S. The highest BCUT2D eigenvalue weighted by atomic mass is 79.9. The molecule has 0 atom stereocenters. The number of thiocarbonyl (C=S) groups is 1. The number of amides is 1. The van der Waals surface area contributed by atoms with Crippen LogP contribution in [0, 0.1) is 0 Å².